The molecule has 3 rings (SSSR count). The van der Waals surface area contributed by atoms with Gasteiger partial charge in [0.15, 0.2) is 0 Å². The van der Waals surface area contributed by atoms with Gasteiger partial charge in [-0.1, -0.05) is 12.1 Å². The molecule has 2 aromatic rings. The standard InChI is InChI=1S/C21H22N2O6/c1-10-13-4-6-18(25)15(9-13)14-7-12(3-5-17(14)24)8-16(21(28)29)23-20(27)11(2)22-19(10)26/h3-7,9-11,16,24-25H,8H2,1-2H3,(H,22,26)(H,23,27)(H,28,29)/t10-,11-,16-/m0/s1. The molecule has 0 radical (unpaired) electrons. The van der Waals surface area contributed by atoms with E-state index in [4.69, 9.17) is 0 Å². The summed E-state index contributed by atoms with van der Waals surface area (Å²) in [4.78, 5) is 36.6. The molecule has 8 heteroatoms. The molecule has 5 N–H and O–H groups in total. The van der Waals surface area contributed by atoms with Crippen molar-refractivity contribution in [1.29, 1.82) is 0 Å². The number of aromatic hydroxyl groups is 2. The number of carbonyl (C=O) groups excluding carboxylic acids is 2. The highest BCUT2D eigenvalue weighted by Crippen LogP contribution is 2.38. The second-order valence-corrected chi connectivity index (χ2v) is 7.18. The van der Waals surface area contributed by atoms with Gasteiger partial charge >= 0.3 is 5.97 Å². The minimum Gasteiger partial charge on any atom is -0.507 e. The number of amides is 2. The Bertz CT molecular complexity index is 987. The molecule has 29 heavy (non-hydrogen) atoms. The first-order valence-electron chi connectivity index (χ1n) is 9.16. The van der Waals surface area contributed by atoms with Crippen LogP contribution in [0.15, 0.2) is 36.4 Å². The number of benzene rings is 2. The number of hydrogen-bond donors (Lipinski definition) is 5. The molecular weight excluding hydrogens is 376 g/mol. The minimum atomic E-state index is -1.23. The van der Waals surface area contributed by atoms with Gasteiger partial charge in [-0.25, -0.2) is 4.79 Å². The van der Waals surface area contributed by atoms with Gasteiger partial charge in [0.05, 0.1) is 5.92 Å². The van der Waals surface area contributed by atoms with Crippen LogP contribution in [0.5, 0.6) is 11.5 Å². The van der Waals surface area contributed by atoms with Crippen LogP contribution in [0.3, 0.4) is 0 Å². The van der Waals surface area contributed by atoms with Crippen LogP contribution in [0.4, 0.5) is 0 Å². The molecular formula is C21H22N2O6. The fourth-order valence-corrected chi connectivity index (χ4v) is 3.25. The number of carboxylic acid groups (broad SMARTS) is 1. The van der Waals surface area contributed by atoms with Crippen molar-refractivity contribution in [2.45, 2.75) is 38.3 Å². The number of carbonyl (C=O) groups is 3. The number of fused-ring (bicyclic) bond motifs is 5. The molecule has 8 nitrogen and oxygen atoms in total. The van der Waals surface area contributed by atoms with Gasteiger partial charge in [0.1, 0.15) is 23.6 Å². The summed E-state index contributed by atoms with van der Waals surface area (Å²) in [6, 6.07) is 7.01. The Morgan fingerprint density at radius 3 is 2.21 bits per heavy atom. The summed E-state index contributed by atoms with van der Waals surface area (Å²) >= 11 is 0. The van der Waals surface area contributed by atoms with Gasteiger partial charge in [-0.05, 0) is 49.2 Å². The Balaban J connectivity index is 2.17. The normalized spacial score (nSPS) is 22.2. The number of carboxylic acids is 1. The highest BCUT2D eigenvalue weighted by atomic mass is 16.4. The zero-order valence-electron chi connectivity index (χ0n) is 16.0. The monoisotopic (exact) mass is 398 g/mol. The smallest absolute Gasteiger partial charge is 0.326 e. The first-order valence-corrected chi connectivity index (χ1v) is 9.16. The number of nitrogens with one attached hydrogen (secondary N) is 2. The minimum absolute atomic E-state index is 0.0358. The van der Waals surface area contributed by atoms with E-state index >= 15 is 0 Å². The Hall–Kier alpha value is -3.55. The molecule has 1 aliphatic rings. The maximum absolute atomic E-state index is 12.6. The third-order valence-electron chi connectivity index (χ3n) is 5.07. The van der Waals surface area contributed by atoms with Gasteiger partial charge in [-0.3, -0.25) is 9.59 Å². The van der Waals surface area contributed by atoms with Crippen molar-refractivity contribution in [1.82, 2.24) is 10.6 Å². The summed E-state index contributed by atoms with van der Waals surface area (Å²) in [5, 5.41) is 35.1. The average molecular weight is 398 g/mol. The van der Waals surface area contributed by atoms with Crippen molar-refractivity contribution in [2.24, 2.45) is 0 Å². The van der Waals surface area contributed by atoms with Crippen LogP contribution in [0.25, 0.3) is 11.1 Å². The Morgan fingerprint density at radius 1 is 0.931 bits per heavy atom. The first kappa shape index (κ1) is 20.2. The maximum Gasteiger partial charge on any atom is 0.326 e. The molecule has 0 fully saturated rings. The molecule has 0 spiro atoms. The molecule has 152 valence electrons. The van der Waals surface area contributed by atoms with Gasteiger partial charge < -0.3 is 26.0 Å². The van der Waals surface area contributed by atoms with Crippen LogP contribution in [0, 0.1) is 0 Å². The first-order chi connectivity index (χ1) is 13.7. The Kier molecular flexibility index (Phi) is 5.45. The lowest BCUT2D eigenvalue weighted by Crippen LogP contribution is -2.51. The molecule has 1 heterocycles. The van der Waals surface area contributed by atoms with Crippen LogP contribution in [0.2, 0.25) is 0 Å². The number of phenols is 2. The summed E-state index contributed by atoms with van der Waals surface area (Å²) < 4.78 is 0. The van der Waals surface area contributed by atoms with Crippen molar-refractivity contribution < 1.29 is 29.7 Å². The van der Waals surface area contributed by atoms with Crippen molar-refractivity contribution in [2.75, 3.05) is 0 Å². The number of phenolic OH excluding ortho intramolecular Hbond substituents is 2. The Labute approximate surface area is 167 Å². The molecule has 3 atom stereocenters. The van der Waals surface area contributed by atoms with Crippen LogP contribution in [-0.2, 0) is 20.8 Å². The molecule has 1 aliphatic heterocycles. The van der Waals surface area contributed by atoms with E-state index in [1.165, 1.54) is 19.1 Å². The molecule has 0 saturated carbocycles. The van der Waals surface area contributed by atoms with Gasteiger partial charge in [-0.2, -0.15) is 0 Å². The largest absolute Gasteiger partial charge is 0.507 e. The lowest BCUT2D eigenvalue weighted by molar-refractivity contribution is -0.142. The van der Waals surface area contributed by atoms with Crippen molar-refractivity contribution in [3.8, 4) is 22.6 Å². The fraction of sp³-hybridized carbons (Fsp3) is 0.286. The topological polar surface area (TPSA) is 136 Å². The van der Waals surface area contributed by atoms with Gasteiger partial charge in [0.2, 0.25) is 11.8 Å². The summed E-state index contributed by atoms with van der Waals surface area (Å²) in [6.07, 6.45) is -0.0358. The van der Waals surface area contributed by atoms with Gasteiger partial charge in [0.25, 0.3) is 0 Å². The van der Waals surface area contributed by atoms with Crippen molar-refractivity contribution >= 4 is 17.8 Å². The van der Waals surface area contributed by atoms with E-state index in [2.05, 4.69) is 10.6 Å². The van der Waals surface area contributed by atoms with Crippen LogP contribution in [-0.4, -0.2) is 45.2 Å². The zero-order valence-corrected chi connectivity index (χ0v) is 16.0. The van der Waals surface area contributed by atoms with Crippen LogP contribution in [0.1, 0.15) is 30.9 Å². The molecule has 2 aromatic carbocycles. The maximum atomic E-state index is 12.6. The van der Waals surface area contributed by atoms with Gasteiger partial charge in [-0.15, -0.1) is 0 Å². The zero-order chi connectivity index (χ0) is 21.3. The molecule has 4 bridgehead atoms. The van der Waals surface area contributed by atoms with Crippen LogP contribution < -0.4 is 10.6 Å². The van der Waals surface area contributed by atoms with Crippen LogP contribution >= 0.6 is 0 Å². The summed E-state index contributed by atoms with van der Waals surface area (Å²) in [5.41, 5.74) is 1.77. The second kappa shape index (κ2) is 7.83. The highest BCUT2D eigenvalue weighted by Gasteiger charge is 2.27. The van der Waals surface area contributed by atoms with E-state index in [0.717, 1.165) is 0 Å². The number of rotatable bonds is 1. The number of hydrogen-bond acceptors (Lipinski definition) is 5. The summed E-state index contributed by atoms with van der Waals surface area (Å²) in [5.74, 6) is -3.09. The summed E-state index contributed by atoms with van der Waals surface area (Å²) in [7, 11) is 0. The average Bonchev–Trinajstić information content (AvgIpc) is 2.67. The molecule has 0 aliphatic carbocycles. The number of aliphatic carboxylic acids is 1. The lowest BCUT2D eigenvalue weighted by Gasteiger charge is -2.22. The van der Waals surface area contributed by atoms with E-state index < -0.39 is 35.8 Å². The third-order valence-corrected chi connectivity index (χ3v) is 5.07. The SMILES string of the molecule is C[C@@H]1NC(=O)[C@@H](C)c2ccc(O)c(c2)-c2cc(ccc2O)C[C@@H](C(=O)O)NC1=O. The highest BCUT2D eigenvalue weighted by molar-refractivity contribution is 5.92. The van der Waals surface area contributed by atoms with E-state index in [-0.39, 0.29) is 17.9 Å². The Morgan fingerprint density at radius 2 is 1.55 bits per heavy atom. The quantitative estimate of drug-likeness (QED) is 0.494. The fourth-order valence-electron chi connectivity index (χ4n) is 3.25. The predicted molar refractivity (Wildman–Crippen MR) is 104 cm³/mol. The molecule has 2 amide bonds. The van der Waals surface area contributed by atoms with Gasteiger partial charge in [0, 0.05) is 17.5 Å². The second-order valence-electron chi connectivity index (χ2n) is 7.18. The van der Waals surface area contributed by atoms with E-state index in [1.54, 1.807) is 31.2 Å². The third kappa shape index (κ3) is 4.16. The molecule has 0 aromatic heterocycles. The molecule has 0 saturated heterocycles. The van der Waals surface area contributed by atoms with Crippen molar-refractivity contribution in [3.05, 3.63) is 47.5 Å². The van der Waals surface area contributed by atoms with Crippen molar-refractivity contribution in [3.63, 3.8) is 0 Å². The molecule has 0 unspecified atom stereocenters. The van der Waals surface area contributed by atoms with E-state index in [0.29, 0.717) is 22.3 Å². The summed E-state index contributed by atoms with van der Waals surface area (Å²) in [6.45, 7) is 3.13. The van der Waals surface area contributed by atoms with E-state index in [1.807, 2.05) is 0 Å². The predicted octanol–water partition coefficient (Wildman–Crippen LogP) is 1.50. The lowest BCUT2D eigenvalue weighted by atomic mass is 9.92. The van der Waals surface area contributed by atoms with E-state index in [9.17, 15) is 29.7 Å².